The average Bonchev–Trinajstić information content (AvgIpc) is 3.66. The zero-order chi connectivity index (χ0) is 24.7. The van der Waals surface area contributed by atoms with Crippen molar-refractivity contribution < 1.29 is 8.42 Å². The fraction of sp³-hybridized carbons (Fsp3) is 0.185. The van der Waals surface area contributed by atoms with Gasteiger partial charge in [-0.25, -0.2) is 13.4 Å². The molecule has 2 N–H and O–H groups in total. The summed E-state index contributed by atoms with van der Waals surface area (Å²) in [7, 11) is -1.87. The van der Waals surface area contributed by atoms with E-state index >= 15 is 0 Å². The van der Waals surface area contributed by atoms with Crippen molar-refractivity contribution in [2.45, 2.75) is 17.7 Å². The number of fused-ring (bicyclic) bond motifs is 1. The van der Waals surface area contributed by atoms with E-state index in [4.69, 9.17) is 0 Å². The maximum atomic E-state index is 13.3. The minimum Gasteiger partial charge on any atom is -0.372 e. The second kappa shape index (κ2) is 8.83. The number of rotatable bonds is 6. The fourth-order valence-electron chi connectivity index (χ4n) is 5.04. The second-order valence-corrected chi connectivity index (χ2v) is 10.6. The number of anilines is 2. The smallest absolute Gasteiger partial charge is 0.261 e. The van der Waals surface area contributed by atoms with Crippen LogP contribution in [-0.4, -0.2) is 41.3 Å². The number of hydrogen-bond acceptors (Lipinski definition) is 5. The van der Waals surface area contributed by atoms with Gasteiger partial charge in [0.2, 0.25) is 0 Å². The van der Waals surface area contributed by atoms with Gasteiger partial charge in [-0.1, -0.05) is 30.3 Å². The Kier molecular flexibility index (Phi) is 5.49. The van der Waals surface area contributed by atoms with E-state index in [1.54, 1.807) is 48.8 Å². The van der Waals surface area contributed by atoms with Gasteiger partial charge in [0.15, 0.2) is 0 Å². The summed E-state index contributed by atoms with van der Waals surface area (Å²) >= 11 is 0. The highest BCUT2D eigenvalue weighted by Gasteiger charge is 2.25. The molecule has 1 saturated heterocycles. The fourth-order valence-corrected chi connectivity index (χ4v) is 6.13. The van der Waals surface area contributed by atoms with Crippen molar-refractivity contribution in [3.05, 3.63) is 79.1 Å². The maximum Gasteiger partial charge on any atom is 0.261 e. The number of aromatic amines is 1. The molecule has 0 bridgehead atoms. The molecule has 182 valence electrons. The molecule has 5 aromatic rings. The first-order valence-electron chi connectivity index (χ1n) is 11.9. The monoisotopic (exact) mass is 498 g/mol. The first-order chi connectivity index (χ1) is 17.5. The molecule has 9 heteroatoms. The summed E-state index contributed by atoms with van der Waals surface area (Å²) in [6, 6.07) is 20.4. The molecule has 3 aromatic heterocycles. The van der Waals surface area contributed by atoms with Gasteiger partial charge < -0.3 is 9.47 Å². The minimum absolute atomic E-state index is 0.205. The van der Waals surface area contributed by atoms with Crippen LogP contribution in [0.3, 0.4) is 0 Å². The van der Waals surface area contributed by atoms with Gasteiger partial charge in [0.1, 0.15) is 11.3 Å². The van der Waals surface area contributed by atoms with Crippen molar-refractivity contribution in [2.24, 2.45) is 7.05 Å². The highest BCUT2D eigenvalue weighted by Crippen LogP contribution is 2.43. The Morgan fingerprint density at radius 1 is 0.972 bits per heavy atom. The largest absolute Gasteiger partial charge is 0.372 e. The van der Waals surface area contributed by atoms with Gasteiger partial charge in [-0.15, -0.1) is 0 Å². The molecule has 8 nitrogen and oxygen atoms in total. The molecule has 2 aromatic carbocycles. The lowest BCUT2D eigenvalue weighted by Crippen LogP contribution is -2.17. The molecule has 1 aliphatic heterocycles. The molecular formula is C27H26N6O2S. The van der Waals surface area contributed by atoms with Crippen molar-refractivity contribution in [1.82, 2.24) is 19.7 Å². The SMILES string of the molecule is Cn1c(-c2cc[nH]n2)c(-c2cccc(N3CCCC3)c2)c2c(NS(=O)(=O)c3ccccc3)ccnc21. The molecule has 4 heterocycles. The normalized spacial score (nSPS) is 14.0. The predicted octanol–water partition coefficient (Wildman–Crippen LogP) is 5.03. The van der Waals surface area contributed by atoms with Gasteiger partial charge >= 0.3 is 0 Å². The summed E-state index contributed by atoms with van der Waals surface area (Å²) in [5, 5.41) is 8.10. The Morgan fingerprint density at radius 3 is 2.53 bits per heavy atom. The zero-order valence-electron chi connectivity index (χ0n) is 19.8. The number of aryl methyl sites for hydroxylation is 1. The van der Waals surface area contributed by atoms with Gasteiger partial charge in [0, 0.05) is 43.8 Å². The van der Waals surface area contributed by atoms with Crippen molar-refractivity contribution in [2.75, 3.05) is 22.7 Å². The lowest BCUT2D eigenvalue weighted by molar-refractivity contribution is 0.601. The summed E-state index contributed by atoms with van der Waals surface area (Å²) in [4.78, 5) is 7.23. The van der Waals surface area contributed by atoms with Crippen molar-refractivity contribution in [3.8, 4) is 22.5 Å². The first kappa shape index (κ1) is 22.4. The van der Waals surface area contributed by atoms with E-state index in [0.29, 0.717) is 11.3 Å². The van der Waals surface area contributed by atoms with Crippen LogP contribution in [0, 0.1) is 0 Å². The van der Waals surface area contributed by atoms with Crippen LogP contribution in [0.2, 0.25) is 0 Å². The minimum atomic E-state index is -3.80. The standard InChI is InChI=1S/C27H26N6O2S/c1-32-26(23-13-15-29-30-23)24(19-8-7-9-20(18-19)33-16-5-6-17-33)25-22(12-14-28-27(25)32)31-36(34,35)21-10-3-2-4-11-21/h2-4,7-15,18H,5-6,16-17H2,1H3,(H,28,31)(H,29,30). The van der Waals surface area contributed by atoms with Gasteiger partial charge in [0.25, 0.3) is 10.0 Å². The van der Waals surface area contributed by atoms with Crippen LogP contribution in [0.5, 0.6) is 0 Å². The third-order valence-corrected chi connectivity index (χ3v) is 8.10. The summed E-state index contributed by atoms with van der Waals surface area (Å²) in [5.74, 6) is 0. The summed E-state index contributed by atoms with van der Waals surface area (Å²) in [6.07, 6.45) is 5.78. The maximum absolute atomic E-state index is 13.3. The zero-order valence-corrected chi connectivity index (χ0v) is 20.7. The molecule has 1 aliphatic rings. The van der Waals surface area contributed by atoms with Gasteiger partial charge in [-0.3, -0.25) is 9.82 Å². The number of pyridine rings is 1. The van der Waals surface area contributed by atoms with Crippen molar-refractivity contribution in [1.29, 1.82) is 0 Å². The lowest BCUT2D eigenvalue weighted by atomic mass is 9.99. The average molecular weight is 499 g/mol. The third kappa shape index (κ3) is 3.81. The summed E-state index contributed by atoms with van der Waals surface area (Å²) < 4.78 is 31.4. The second-order valence-electron chi connectivity index (χ2n) is 8.96. The molecule has 1 fully saturated rings. The molecule has 0 radical (unpaired) electrons. The molecule has 6 rings (SSSR count). The molecule has 0 amide bonds. The van der Waals surface area contributed by atoms with Crippen LogP contribution in [-0.2, 0) is 17.1 Å². The van der Waals surface area contributed by atoms with Gasteiger partial charge in [-0.2, -0.15) is 5.10 Å². The number of hydrogen-bond donors (Lipinski definition) is 2. The summed E-state index contributed by atoms with van der Waals surface area (Å²) in [6.45, 7) is 2.07. The van der Waals surface area contributed by atoms with E-state index in [9.17, 15) is 8.42 Å². The van der Waals surface area contributed by atoms with Crippen LogP contribution in [0.4, 0.5) is 11.4 Å². The quantitative estimate of drug-likeness (QED) is 0.342. The number of nitrogens with zero attached hydrogens (tertiary/aromatic N) is 4. The van der Waals surface area contributed by atoms with Crippen LogP contribution in [0.25, 0.3) is 33.5 Å². The van der Waals surface area contributed by atoms with Crippen molar-refractivity contribution in [3.63, 3.8) is 0 Å². The predicted molar refractivity (Wildman–Crippen MR) is 142 cm³/mol. The number of aromatic nitrogens is 4. The van der Waals surface area contributed by atoms with E-state index in [1.807, 2.05) is 17.7 Å². The molecular weight excluding hydrogens is 472 g/mol. The Morgan fingerprint density at radius 2 is 1.78 bits per heavy atom. The van der Waals surface area contributed by atoms with E-state index < -0.39 is 10.0 Å². The van der Waals surface area contributed by atoms with Crippen LogP contribution in [0.15, 0.2) is 84.0 Å². The van der Waals surface area contributed by atoms with E-state index in [0.717, 1.165) is 46.7 Å². The molecule has 0 unspecified atom stereocenters. The molecule has 0 spiro atoms. The Hall–Kier alpha value is -4.11. The van der Waals surface area contributed by atoms with E-state index in [-0.39, 0.29) is 4.90 Å². The highest BCUT2D eigenvalue weighted by molar-refractivity contribution is 7.92. The Labute approximate surface area is 209 Å². The van der Waals surface area contributed by atoms with E-state index in [2.05, 4.69) is 49.1 Å². The number of H-pyrrole nitrogens is 1. The highest BCUT2D eigenvalue weighted by atomic mass is 32.2. The Balaban J connectivity index is 1.59. The summed E-state index contributed by atoms with van der Waals surface area (Å²) in [5.41, 5.74) is 5.80. The van der Waals surface area contributed by atoms with Crippen LogP contribution in [0.1, 0.15) is 12.8 Å². The van der Waals surface area contributed by atoms with Crippen LogP contribution >= 0.6 is 0 Å². The van der Waals surface area contributed by atoms with E-state index in [1.165, 1.54) is 12.8 Å². The van der Waals surface area contributed by atoms with Crippen molar-refractivity contribution >= 4 is 32.4 Å². The third-order valence-electron chi connectivity index (χ3n) is 6.72. The molecule has 0 aliphatic carbocycles. The van der Waals surface area contributed by atoms with Crippen LogP contribution < -0.4 is 9.62 Å². The van der Waals surface area contributed by atoms with Gasteiger partial charge in [0.05, 0.1) is 21.7 Å². The van der Waals surface area contributed by atoms with Gasteiger partial charge in [-0.05, 0) is 54.8 Å². The number of nitrogens with one attached hydrogen (secondary N) is 2. The number of sulfonamides is 1. The molecule has 0 saturated carbocycles. The topological polar surface area (TPSA) is 95.9 Å². The Bertz CT molecular complexity index is 1640. The molecule has 0 atom stereocenters. The molecule has 36 heavy (non-hydrogen) atoms. The lowest BCUT2D eigenvalue weighted by Gasteiger charge is -2.19. The first-order valence-corrected chi connectivity index (χ1v) is 13.4. The number of benzene rings is 2.